The van der Waals surface area contributed by atoms with Gasteiger partial charge in [0, 0.05) is 13.5 Å². The minimum atomic E-state index is 0.127. The van der Waals surface area contributed by atoms with Gasteiger partial charge in [-0.3, -0.25) is 5.01 Å². The number of fused-ring (bicyclic) bond motifs is 1. The van der Waals surface area contributed by atoms with E-state index in [-0.39, 0.29) is 6.04 Å². The number of hydrogen-bond donors (Lipinski definition) is 0. The summed E-state index contributed by atoms with van der Waals surface area (Å²) in [7, 11) is 1.68. The molecule has 0 fully saturated rings. The maximum absolute atomic E-state index is 5.74. The van der Waals surface area contributed by atoms with Crippen LogP contribution in [0.2, 0.25) is 0 Å². The van der Waals surface area contributed by atoms with Crippen LogP contribution in [-0.2, 0) is 4.74 Å². The zero-order chi connectivity index (χ0) is 23.2. The Morgan fingerprint density at radius 1 is 0.824 bits per heavy atom. The van der Waals surface area contributed by atoms with Gasteiger partial charge in [-0.2, -0.15) is 5.10 Å². The molecule has 34 heavy (non-hydrogen) atoms. The number of allylic oxidation sites excluding steroid dienone is 1. The molecule has 0 amide bonds. The highest BCUT2D eigenvalue weighted by molar-refractivity contribution is 6.03. The van der Waals surface area contributed by atoms with E-state index in [9.17, 15) is 0 Å². The molecule has 0 N–H and O–H groups in total. The molecule has 0 bridgehead atoms. The van der Waals surface area contributed by atoms with E-state index >= 15 is 0 Å². The predicted molar refractivity (Wildman–Crippen MR) is 141 cm³/mol. The quantitative estimate of drug-likeness (QED) is 0.275. The fourth-order valence-electron chi connectivity index (χ4n) is 4.32. The molecule has 5 rings (SSSR count). The number of rotatable bonds is 8. The summed E-state index contributed by atoms with van der Waals surface area (Å²) in [4.78, 5) is 0. The summed E-state index contributed by atoms with van der Waals surface area (Å²) in [6, 6.07) is 33.7. The molecular formula is C30H28N2O2. The standard InChI is InChI=1S/C30H28N2O2/c1-33-20-21-34-28-18-15-25(16-19-28)30-22-26(31-32(30)27-11-3-2-4-12-27)17-14-24-10-7-9-23-8-5-6-13-29(23)24/h2-19,30H,20-22H2,1H3/b17-14+. The van der Waals surface area contributed by atoms with Gasteiger partial charge in [0.2, 0.25) is 0 Å². The summed E-state index contributed by atoms with van der Waals surface area (Å²) in [6.45, 7) is 1.12. The van der Waals surface area contributed by atoms with Gasteiger partial charge in [-0.15, -0.1) is 0 Å². The Morgan fingerprint density at radius 2 is 1.59 bits per heavy atom. The van der Waals surface area contributed by atoms with Crippen molar-refractivity contribution in [2.75, 3.05) is 25.3 Å². The van der Waals surface area contributed by atoms with Crippen molar-refractivity contribution in [2.45, 2.75) is 12.5 Å². The summed E-state index contributed by atoms with van der Waals surface area (Å²) >= 11 is 0. The first kappa shape index (κ1) is 21.9. The third kappa shape index (κ3) is 4.87. The second-order valence-corrected chi connectivity index (χ2v) is 8.30. The van der Waals surface area contributed by atoms with Crippen LogP contribution in [0, 0.1) is 0 Å². The summed E-state index contributed by atoms with van der Waals surface area (Å²) in [5.74, 6) is 0.849. The molecule has 1 aliphatic heterocycles. The number of ether oxygens (including phenoxy) is 2. The average Bonchev–Trinajstić information content (AvgIpc) is 3.33. The second kappa shape index (κ2) is 10.4. The Bertz CT molecular complexity index is 1290. The Hall–Kier alpha value is -3.89. The molecular weight excluding hydrogens is 420 g/mol. The van der Waals surface area contributed by atoms with Gasteiger partial charge in [-0.05, 0) is 52.2 Å². The number of hydrogen-bond acceptors (Lipinski definition) is 4. The molecule has 4 nitrogen and oxygen atoms in total. The van der Waals surface area contributed by atoms with E-state index in [0.29, 0.717) is 13.2 Å². The van der Waals surface area contributed by atoms with E-state index in [1.807, 2.05) is 18.2 Å². The van der Waals surface area contributed by atoms with Crippen LogP contribution >= 0.6 is 0 Å². The molecule has 1 atom stereocenters. The van der Waals surface area contributed by atoms with Gasteiger partial charge in [-0.1, -0.05) is 78.9 Å². The van der Waals surface area contributed by atoms with Crippen LogP contribution in [0.3, 0.4) is 0 Å². The van der Waals surface area contributed by atoms with Gasteiger partial charge in [0.05, 0.1) is 24.0 Å². The molecule has 1 heterocycles. The molecule has 0 aliphatic carbocycles. The molecule has 0 spiro atoms. The minimum absolute atomic E-state index is 0.127. The number of hydrazone groups is 1. The number of benzene rings is 4. The van der Waals surface area contributed by atoms with E-state index in [2.05, 4.69) is 96.0 Å². The first-order valence-corrected chi connectivity index (χ1v) is 11.6. The number of methoxy groups -OCH3 is 1. The highest BCUT2D eigenvalue weighted by Gasteiger charge is 2.28. The highest BCUT2D eigenvalue weighted by atomic mass is 16.5. The molecule has 0 saturated heterocycles. The molecule has 4 aromatic carbocycles. The minimum Gasteiger partial charge on any atom is -0.491 e. The summed E-state index contributed by atoms with van der Waals surface area (Å²) in [5.41, 5.74) is 4.55. The molecule has 1 aliphatic rings. The Labute approximate surface area is 200 Å². The number of para-hydroxylation sites is 1. The van der Waals surface area contributed by atoms with Crippen LogP contribution in [0.5, 0.6) is 5.75 Å². The summed E-state index contributed by atoms with van der Waals surface area (Å²) in [6.07, 6.45) is 5.17. The molecule has 0 aromatic heterocycles. The van der Waals surface area contributed by atoms with Crippen molar-refractivity contribution in [1.82, 2.24) is 0 Å². The number of anilines is 1. The van der Waals surface area contributed by atoms with Crippen LogP contribution < -0.4 is 9.75 Å². The lowest BCUT2D eigenvalue weighted by atomic mass is 10.00. The van der Waals surface area contributed by atoms with Gasteiger partial charge < -0.3 is 9.47 Å². The lowest BCUT2D eigenvalue weighted by molar-refractivity contribution is 0.146. The zero-order valence-electron chi connectivity index (χ0n) is 19.3. The van der Waals surface area contributed by atoms with Crippen molar-refractivity contribution >= 4 is 28.2 Å². The Morgan fingerprint density at radius 3 is 2.41 bits per heavy atom. The molecule has 0 radical (unpaired) electrons. The largest absolute Gasteiger partial charge is 0.491 e. The first-order chi connectivity index (χ1) is 16.8. The van der Waals surface area contributed by atoms with E-state index in [1.165, 1.54) is 21.9 Å². The average molecular weight is 449 g/mol. The molecule has 0 saturated carbocycles. The molecule has 4 heteroatoms. The maximum atomic E-state index is 5.74. The normalized spacial score (nSPS) is 15.7. The second-order valence-electron chi connectivity index (χ2n) is 8.30. The van der Waals surface area contributed by atoms with E-state index < -0.39 is 0 Å². The van der Waals surface area contributed by atoms with Crippen LogP contribution in [0.15, 0.2) is 108 Å². The van der Waals surface area contributed by atoms with Gasteiger partial charge in [0.1, 0.15) is 12.4 Å². The fourth-order valence-corrected chi connectivity index (χ4v) is 4.32. The lowest BCUT2D eigenvalue weighted by Crippen LogP contribution is -2.18. The first-order valence-electron chi connectivity index (χ1n) is 11.6. The third-order valence-electron chi connectivity index (χ3n) is 6.05. The van der Waals surface area contributed by atoms with Crippen molar-refractivity contribution in [1.29, 1.82) is 0 Å². The summed E-state index contributed by atoms with van der Waals surface area (Å²) < 4.78 is 10.8. The highest BCUT2D eigenvalue weighted by Crippen LogP contribution is 2.36. The van der Waals surface area contributed by atoms with E-state index in [1.54, 1.807) is 7.11 Å². The van der Waals surface area contributed by atoms with Gasteiger partial charge >= 0.3 is 0 Å². The van der Waals surface area contributed by atoms with Crippen LogP contribution in [-0.4, -0.2) is 26.0 Å². The maximum Gasteiger partial charge on any atom is 0.119 e. The van der Waals surface area contributed by atoms with Gasteiger partial charge in [0.25, 0.3) is 0 Å². The molecule has 1 unspecified atom stereocenters. The molecule has 4 aromatic rings. The SMILES string of the molecule is COCCOc1ccc(C2CC(/C=C/c3cccc4ccccc34)=NN2c2ccccc2)cc1. The molecule has 170 valence electrons. The summed E-state index contributed by atoms with van der Waals surface area (Å²) in [5, 5.41) is 9.63. The van der Waals surface area contributed by atoms with E-state index in [4.69, 9.17) is 14.6 Å². The Balaban J connectivity index is 1.40. The van der Waals surface area contributed by atoms with E-state index in [0.717, 1.165) is 23.6 Å². The van der Waals surface area contributed by atoms with Crippen molar-refractivity contribution in [2.24, 2.45) is 5.10 Å². The Kier molecular flexibility index (Phi) is 6.68. The van der Waals surface area contributed by atoms with Crippen molar-refractivity contribution in [3.63, 3.8) is 0 Å². The van der Waals surface area contributed by atoms with Crippen molar-refractivity contribution in [3.05, 3.63) is 114 Å². The lowest BCUT2D eigenvalue weighted by Gasteiger charge is -2.24. The number of nitrogens with zero attached hydrogens (tertiary/aromatic N) is 2. The van der Waals surface area contributed by atoms with Gasteiger partial charge in [-0.25, -0.2) is 0 Å². The third-order valence-corrected chi connectivity index (χ3v) is 6.05. The van der Waals surface area contributed by atoms with Crippen LogP contribution in [0.1, 0.15) is 23.6 Å². The fraction of sp³-hybridized carbons (Fsp3) is 0.167. The topological polar surface area (TPSA) is 34.1 Å². The van der Waals surface area contributed by atoms with Crippen molar-refractivity contribution in [3.8, 4) is 5.75 Å². The van der Waals surface area contributed by atoms with Gasteiger partial charge in [0.15, 0.2) is 0 Å². The monoisotopic (exact) mass is 448 g/mol. The predicted octanol–water partition coefficient (Wildman–Crippen LogP) is 6.89. The van der Waals surface area contributed by atoms with Crippen LogP contribution in [0.25, 0.3) is 16.8 Å². The van der Waals surface area contributed by atoms with Crippen LogP contribution in [0.4, 0.5) is 5.69 Å². The zero-order valence-corrected chi connectivity index (χ0v) is 19.3. The van der Waals surface area contributed by atoms with Crippen molar-refractivity contribution < 1.29 is 9.47 Å². The smallest absolute Gasteiger partial charge is 0.119 e.